The Morgan fingerprint density at radius 3 is 2.50 bits per heavy atom. The summed E-state index contributed by atoms with van der Waals surface area (Å²) in [6.45, 7) is 9.32. The molecule has 1 saturated carbocycles. The minimum atomic E-state index is 0.568. The average molecular weight is 166 g/mol. The molecule has 12 heavy (non-hydrogen) atoms. The molecule has 0 bridgehead atoms. The summed E-state index contributed by atoms with van der Waals surface area (Å²) in [4.78, 5) is 0. The van der Waals surface area contributed by atoms with E-state index in [4.69, 9.17) is 0 Å². The van der Waals surface area contributed by atoms with Crippen LogP contribution in [-0.4, -0.2) is 0 Å². The Balaban J connectivity index is 2.58. The van der Waals surface area contributed by atoms with E-state index < -0.39 is 0 Å². The second kappa shape index (κ2) is 3.64. The zero-order valence-electron chi connectivity index (χ0n) is 8.98. The molecule has 1 fully saturated rings. The summed E-state index contributed by atoms with van der Waals surface area (Å²) in [6.07, 6.45) is 7.93. The van der Waals surface area contributed by atoms with E-state index in [-0.39, 0.29) is 0 Å². The van der Waals surface area contributed by atoms with Gasteiger partial charge in [0.2, 0.25) is 0 Å². The summed E-state index contributed by atoms with van der Waals surface area (Å²) in [6, 6.07) is 0. The Bertz CT molecular complexity index is 172. The van der Waals surface area contributed by atoms with E-state index in [1.807, 2.05) is 0 Å². The molecule has 1 rings (SSSR count). The molecular formula is C12H22. The van der Waals surface area contributed by atoms with Gasteiger partial charge in [-0.2, -0.15) is 0 Å². The van der Waals surface area contributed by atoms with Gasteiger partial charge in [-0.15, -0.1) is 0 Å². The van der Waals surface area contributed by atoms with Crippen LogP contribution in [0.2, 0.25) is 0 Å². The maximum atomic E-state index is 2.46. The zero-order chi connectivity index (χ0) is 9.19. The molecule has 70 valence electrons. The van der Waals surface area contributed by atoms with Crippen molar-refractivity contribution in [1.29, 1.82) is 0 Å². The smallest absolute Gasteiger partial charge is 0.0269 e. The molecule has 0 aromatic heterocycles. The largest absolute Gasteiger partial charge is 0.0827 e. The van der Waals surface area contributed by atoms with Crippen molar-refractivity contribution in [2.45, 2.75) is 53.4 Å². The van der Waals surface area contributed by atoms with Crippen molar-refractivity contribution in [3.8, 4) is 0 Å². The molecule has 0 aromatic carbocycles. The Hall–Kier alpha value is -0.260. The summed E-state index contributed by atoms with van der Waals surface area (Å²) in [5.74, 6) is 0.730. The van der Waals surface area contributed by atoms with Crippen LogP contribution in [0.3, 0.4) is 0 Å². The second-order valence-corrected chi connectivity index (χ2v) is 5.26. The number of allylic oxidation sites excluding steroid dienone is 2. The predicted octanol–water partition coefficient (Wildman–Crippen LogP) is 4.17. The van der Waals surface area contributed by atoms with Gasteiger partial charge in [0.25, 0.3) is 0 Å². The van der Waals surface area contributed by atoms with Gasteiger partial charge in [-0.05, 0) is 37.0 Å². The fourth-order valence-corrected chi connectivity index (χ4v) is 2.20. The first kappa shape index (κ1) is 9.83. The summed E-state index contributed by atoms with van der Waals surface area (Å²) in [5, 5.41) is 0. The number of hydrogen-bond donors (Lipinski definition) is 0. The molecule has 0 saturated heterocycles. The van der Waals surface area contributed by atoms with E-state index in [1.54, 1.807) is 5.57 Å². The number of rotatable bonds is 1. The van der Waals surface area contributed by atoms with Crippen LogP contribution < -0.4 is 0 Å². The standard InChI is InChI=1S/C12H22/c1-10(2)8-11-6-5-7-12(3,4)9-11/h8,10H,5-7,9H2,1-4H3/b11-8+. The second-order valence-electron chi connectivity index (χ2n) is 5.26. The van der Waals surface area contributed by atoms with E-state index in [9.17, 15) is 0 Å². The molecular weight excluding hydrogens is 144 g/mol. The lowest BCUT2D eigenvalue weighted by molar-refractivity contribution is 0.288. The maximum absolute atomic E-state index is 2.46. The lowest BCUT2D eigenvalue weighted by Crippen LogP contribution is -2.17. The Morgan fingerprint density at radius 1 is 1.33 bits per heavy atom. The summed E-state index contributed by atoms with van der Waals surface area (Å²) >= 11 is 0. The SMILES string of the molecule is CC(C)/C=C1\CCCC(C)(C)C1. The molecule has 0 radical (unpaired) electrons. The van der Waals surface area contributed by atoms with Crippen LogP contribution in [-0.2, 0) is 0 Å². The average Bonchev–Trinajstić information content (AvgIpc) is 1.82. The van der Waals surface area contributed by atoms with Crippen LogP contribution in [0, 0.1) is 11.3 Å². The van der Waals surface area contributed by atoms with Crippen molar-refractivity contribution in [1.82, 2.24) is 0 Å². The third-order valence-corrected chi connectivity index (χ3v) is 2.63. The topological polar surface area (TPSA) is 0 Å². The molecule has 0 spiro atoms. The lowest BCUT2D eigenvalue weighted by Gasteiger charge is -2.31. The maximum Gasteiger partial charge on any atom is -0.0269 e. The molecule has 0 atom stereocenters. The Labute approximate surface area is 77.1 Å². The molecule has 0 aromatic rings. The van der Waals surface area contributed by atoms with E-state index in [0.717, 1.165) is 5.92 Å². The molecule has 0 heterocycles. The summed E-state index contributed by atoms with van der Waals surface area (Å²) in [7, 11) is 0. The highest BCUT2D eigenvalue weighted by atomic mass is 14.3. The van der Waals surface area contributed by atoms with Crippen molar-refractivity contribution >= 4 is 0 Å². The van der Waals surface area contributed by atoms with Crippen LogP contribution in [0.4, 0.5) is 0 Å². The van der Waals surface area contributed by atoms with E-state index in [0.29, 0.717) is 5.41 Å². The Morgan fingerprint density at radius 2 is 2.00 bits per heavy atom. The number of hydrogen-bond acceptors (Lipinski definition) is 0. The quantitative estimate of drug-likeness (QED) is 0.513. The molecule has 0 amide bonds. The van der Waals surface area contributed by atoms with Crippen LogP contribution in [0.5, 0.6) is 0 Å². The highest BCUT2D eigenvalue weighted by molar-refractivity contribution is 5.08. The van der Waals surface area contributed by atoms with E-state index in [1.165, 1.54) is 25.7 Å². The molecule has 0 aliphatic heterocycles. The molecule has 0 N–H and O–H groups in total. The first-order chi connectivity index (χ1) is 5.49. The van der Waals surface area contributed by atoms with Gasteiger partial charge < -0.3 is 0 Å². The predicted molar refractivity (Wildman–Crippen MR) is 55.2 cm³/mol. The molecule has 0 unspecified atom stereocenters. The van der Waals surface area contributed by atoms with Gasteiger partial charge in [-0.1, -0.05) is 39.3 Å². The third kappa shape index (κ3) is 3.00. The highest BCUT2D eigenvalue weighted by Crippen LogP contribution is 2.38. The molecule has 1 aliphatic rings. The van der Waals surface area contributed by atoms with Gasteiger partial charge in [0, 0.05) is 0 Å². The van der Waals surface area contributed by atoms with E-state index in [2.05, 4.69) is 33.8 Å². The summed E-state index contributed by atoms with van der Waals surface area (Å²) < 4.78 is 0. The normalized spacial score (nSPS) is 26.6. The van der Waals surface area contributed by atoms with Crippen LogP contribution in [0.25, 0.3) is 0 Å². The van der Waals surface area contributed by atoms with Crippen molar-refractivity contribution < 1.29 is 0 Å². The monoisotopic (exact) mass is 166 g/mol. The van der Waals surface area contributed by atoms with E-state index >= 15 is 0 Å². The molecule has 1 aliphatic carbocycles. The third-order valence-electron chi connectivity index (χ3n) is 2.63. The Kier molecular flexibility index (Phi) is 2.98. The van der Waals surface area contributed by atoms with Crippen LogP contribution in [0.1, 0.15) is 53.4 Å². The minimum absolute atomic E-state index is 0.568. The van der Waals surface area contributed by atoms with Crippen molar-refractivity contribution in [2.24, 2.45) is 11.3 Å². The minimum Gasteiger partial charge on any atom is -0.0827 e. The van der Waals surface area contributed by atoms with Crippen molar-refractivity contribution in [3.63, 3.8) is 0 Å². The van der Waals surface area contributed by atoms with Crippen LogP contribution in [0.15, 0.2) is 11.6 Å². The fraction of sp³-hybridized carbons (Fsp3) is 0.833. The first-order valence-electron chi connectivity index (χ1n) is 5.19. The van der Waals surface area contributed by atoms with Gasteiger partial charge in [0.05, 0.1) is 0 Å². The summed E-state index contributed by atoms with van der Waals surface area (Å²) in [5.41, 5.74) is 2.26. The molecule has 0 nitrogen and oxygen atoms in total. The van der Waals surface area contributed by atoms with Gasteiger partial charge in [0.15, 0.2) is 0 Å². The van der Waals surface area contributed by atoms with Gasteiger partial charge >= 0.3 is 0 Å². The van der Waals surface area contributed by atoms with Crippen molar-refractivity contribution in [3.05, 3.63) is 11.6 Å². The lowest BCUT2D eigenvalue weighted by atomic mass is 9.74. The fourth-order valence-electron chi connectivity index (χ4n) is 2.20. The van der Waals surface area contributed by atoms with Crippen LogP contribution >= 0.6 is 0 Å². The molecule has 0 heteroatoms. The highest BCUT2D eigenvalue weighted by Gasteiger charge is 2.23. The van der Waals surface area contributed by atoms with Gasteiger partial charge in [-0.3, -0.25) is 0 Å². The van der Waals surface area contributed by atoms with Gasteiger partial charge in [0.1, 0.15) is 0 Å². The first-order valence-corrected chi connectivity index (χ1v) is 5.19. The zero-order valence-corrected chi connectivity index (χ0v) is 8.98. The van der Waals surface area contributed by atoms with Crippen molar-refractivity contribution in [2.75, 3.05) is 0 Å². The van der Waals surface area contributed by atoms with Gasteiger partial charge in [-0.25, -0.2) is 0 Å².